The molecule has 3 aromatic rings. The number of alkyl halides is 3. The first-order valence-corrected chi connectivity index (χ1v) is 9.32. The van der Waals surface area contributed by atoms with Gasteiger partial charge in [-0.1, -0.05) is 48.5 Å². The molecule has 1 aliphatic carbocycles. The predicted molar refractivity (Wildman–Crippen MR) is 107 cm³/mol. The van der Waals surface area contributed by atoms with Gasteiger partial charge in [0.25, 0.3) is 0 Å². The topological polar surface area (TPSA) is 75.6 Å². The van der Waals surface area contributed by atoms with Crippen LogP contribution < -0.4 is 5.32 Å². The summed E-state index contributed by atoms with van der Waals surface area (Å²) in [5, 5.41) is 11.1. The number of rotatable bonds is 4. The fourth-order valence-corrected chi connectivity index (χ4v) is 3.77. The third-order valence-electron chi connectivity index (χ3n) is 5.15. The summed E-state index contributed by atoms with van der Waals surface area (Å²) < 4.78 is 45.0. The Morgan fingerprint density at radius 2 is 1.52 bits per heavy atom. The lowest BCUT2D eigenvalue weighted by Crippen LogP contribution is -2.20. The van der Waals surface area contributed by atoms with Crippen LogP contribution in [-0.4, -0.2) is 23.8 Å². The van der Waals surface area contributed by atoms with E-state index in [0.717, 1.165) is 34.4 Å². The van der Waals surface area contributed by atoms with E-state index in [9.17, 15) is 22.8 Å². The van der Waals surface area contributed by atoms with Crippen LogP contribution in [0, 0.1) is 0 Å². The van der Waals surface area contributed by atoms with Gasteiger partial charge >= 0.3 is 18.2 Å². The number of amides is 1. The van der Waals surface area contributed by atoms with Crippen molar-refractivity contribution in [2.24, 2.45) is 0 Å². The summed E-state index contributed by atoms with van der Waals surface area (Å²) >= 11 is 0. The number of fused-ring (bicyclic) bond motifs is 3. The number of nitrogens with one attached hydrogen (secondary N) is 1. The SMILES string of the molecule is O=C(Nc1cc(C(=O)O)ccc1C(F)(F)F)OCC1c2ccccc2-c2ccccc21. The van der Waals surface area contributed by atoms with E-state index in [0.29, 0.717) is 6.07 Å². The molecule has 5 nitrogen and oxygen atoms in total. The Morgan fingerprint density at radius 1 is 0.935 bits per heavy atom. The van der Waals surface area contributed by atoms with E-state index in [1.54, 1.807) is 0 Å². The van der Waals surface area contributed by atoms with E-state index >= 15 is 0 Å². The minimum Gasteiger partial charge on any atom is -0.478 e. The minimum atomic E-state index is -4.77. The number of ether oxygens (including phenoxy) is 1. The van der Waals surface area contributed by atoms with Crippen molar-refractivity contribution in [3.63, 3.8) is 0 Å². The second-order valence-corrected chi connectivity index (χ2v) is 7.01. The summed E-state index contributed by atoms with van der Waals surface area (Å²) in [6, 6.07) is 17.5. The largest absolute Gasteiger partial charge is 0.478 e. The molecular formula is C23H16F3NO4. The van der Waals surface area contributed by atoms with Gasteiger partial charge in [0.05, 0.1) is 16.8 Å². The molecule has 1 amide bonds. The van der Waals surface area contributed by atoms with Gasteiger partial charge < -0.3 is 9.84 Å². The van der Waals surface area contributed by atoms with Crippen molar-refractivity contribution in [1.29, 1.82) is 0 Å². The lowest BCUT2D eigenvalue weighted by atomic mass is 9.98. The third-order valence-corrected chi connectivity index (χ3v) is 5.15. The van der Waals surface area contributed by atoms with Crippen LogP contribution in [0.25, 0.3) is 11.1 Å². The number of benzene rings is 3. The van der Waals surface area contributed by atoms with E-state index < -0.39 is 29.5 Å². The second kappa shape index (κ2) is 7.79. The molecule has 1 aliphatic rings. The summed E-state index contributed by atoms with van der Waals surface area (Å²) in [5.74, 6) is -1.67. The Morgan fingerprint density at radius 3 is 2.06 bits per heavy atom. The van der Waals surface area contributed by atoms with Crippen LogP contribution in [0.5, 0.6) is 0 Å². The number of carboxylic acid groups (broad SMARTS) is 1. The van der Waals surface area contributed by atoms with Crippen LogP contribution in [0.2, 0.25) is 0 Å². The van der Waals surface area contributed by atoms with Crippen molar-refractivity contribution in [3.8, 4) is 11.1 Å². The average Bonchev–Trinajstić information content (AvgIpc) is 3.05. The van der Waals surface area contributed by atoms with Crippen LogP contribution in [0.15, 0.2) is 66.7 Å². The van der Waals surface area contributed by atoms with E-state index in [1.165, 1.54) is 0 Å². The van der Waals surface area contributed by atoms with Crippen LogP contribution >= 0.6 is 0 Å². The van der Waals surface area contributed by atoms with Crippen LogP contribution in [-0.2, 0) is 10.9 Å². The highest BCUT2D eigenvalue weighted by molar-refractivity contribution is 5.92. The molecule has 0 atom stereocenters. The highest BCUT2D eigenvalue weighted by Gasteiger charge is 2.35. The first kappa shape index (κ1) is 20.5. The molecule has 0 aliphatic heterocycles. The van der Waals surface area contributed by atoms with Crippen molar-refractivity contribution >= 4 is 17.7 Å². The summed E-state index contributed by atoms with van der Waals surface area (Å²) in [6.45, 7) is -0.0835. The lowest BCUT2D eigenvalue weighted by Gasteiger charge is -2.17. The maximum atomic E-state index is 13.3. The standard InChI is InChI=1S/C23H16F3NO4/c24-23(25,26)19-10-9-13(21(28)29)11-20(19)27-22(30)31-12-18-16-7-3-1-5-14(16)15-6-2-4-8-17(15)18/h1-11,18H,12H2,(H,27,30)(H,28,29). The van der Waals surface area contributed by atoms with Gasteiger partial charge in [-0.3, -0.25) is 5.32 Å². The Hall–Kier alpha value is -3.81. The molecule has 2 N–H and O–H groups in total. The Bertz CT molecular complexity index is 1130. The van der Waals surface area contributed by atoms with Crippen molar-refractivity contribution in [3.05, 3.63) is 89.0 Å². The number of carboxylic acids is 1. The highest BCUT2D eigenvalue weighted by Crippen LogP contribution is 2.44. The number of aromatic carboxylic acids is 1. The van der Waals surface area contributed by atoms with E-state index in [2.05, 4.69) is 0 Å². The first-order valence-electron chi connectivity index (χ1n) is 9.32. The summed E-state index contributed by atoms with van der Waals surface area (Å²) in [4.78, 5) is 23.4. The van der Waals surface area contributed by atoms with Crippen molar-refractivity contribution in [1.82, 2.24) is 0 Å². The average molecular weight is 427 g/mol. The van der Waals surface area contributed by atoms with E-state index in [-0.39, 0.29) is 18.1 Å². The molecule has 0 saturated carbocycles. The number of halogens is 3. The number of hydrogen-bond donors (Lipinski definition) is 2. The summed E-state index contributed by atoms with van der Waals surface area (Å²) in [6.07, 6.45) is -5.88. The fourth-order valence-electron chi connectivity index (χ4n) is 3.77. The van der Waals surface area contributed by atoms with Gasteiger partial charge in [-0.05, 0) is 40.5 Å². The van der Waals surface area contributed by atoms with Crippen LogP contribution in [0.4, 0.5) is 23.7 Å². The third kappa shape index (κ3) is 3.96. The molecule has 0 spiro atoms. The molecular weight excluding hydrogens is 411 g/mol. The highest BCUT2D eigenvalue weighted by atomic mass is 19.4. The second-order valence-electron chi connectivity index (χ2n) is 7.01. The predicted octanol–water partition coefficient (Wildman–Crippen LogP) is 5.76. The Balaban J connectivity index is 1.54. The monoisotopic (exact) mass is 427 g/mol. The molecule has 3 aromatic carbocycles. The lowest BCUT2D eigenvalue weighted by molar-refractivity contribution is -0.136. The zero-order valence-electron chi connectivity index (χ0n) is 15.9. The van der Waals surface area contributed by atoms with Crippen molar-refractivity contribution in [2.75, 3.05) is 11.9 Å². The molecule has 0 aromatic heterocycles. The van der Waals surface area contributed by atoms with Gasteiger partial charge in [-0.15, -0.1) is 0 Å². The maximum Gasteiger partial charge on any atom is 0.418 e. The minimum absolute atomic E-state index is 0.0835. The van der Waals surface area contributed by atoms with E-state index in [4.69, 9.17) is 9.84 Å². The quantitative estimate of drug-likeness (QED) is 0.555. The number of anilines is 1. The Labute approximate surface area is 175 Å². The molecule has 0 fully saturated rings. The summed E-state index contributed by atoms with van der Waals surface area (Å²) in [5.41, 5.74) is 1.72. The first-order chi connectivity index (χ1) is 14.8. The van der Waals surface area contributed by atoms with Gasteiger partial charge in [0.2, 0.25) is 0 Å². The molecule has 0 radical (unpaired) electrons. The fraction of sp³-hybridized carbons (Fsp3) is 0.130. The molecule has 0 unspecified atom stereocenters. The van der Waals surface area contributed by atoms with Gasteiger partial charge in [-0.25, -0.2) is 9.59 Å². The molecule has 0 heterocycles. The number of hydrogen-bond acceptors (Lipinski definition) is 3. The molecule has 8 heteroatoms. The number of carbonyl (C=O) groups excluding carboxylic acids is 1. The molecule has 31 heavy (non-hydrogen) atoms. The molecule has 0 saturated heterocycles. The smallest absolute Gasteiger partial charge is 0.418 e. The van der Waals surface area contributed by atoms with Crippen LogP contribution in [0.1, 0.15) is 33.0 Å². The molecule has 158 valence electrons. The van der Waals surface area contributed by atoms with Gasteiger partial charge in [-0.2, -0.15) is 13.2 Å². The zero-order valence-corrected chi connectivity index (χ0v) is 15.9. The Kier molecular flexibility index (Phi) is 5.14. The molecule has 4 rings (SSSR count). The normalized spacial score (nSPS) is 12.7. The van der Waals surface area contributed by atoms with Gasteiger partial charge in [0.1, 0.15) is 6.61 Å². The number of carbonyl (C=O) groups is 2. The zero-order chi connectivity index (χ0) is 22.2. The maximum absolute atomic E-state index is 13.3. The van der Waals surface area contributed by atoms with Gasteiger partial charge in [0, 0.05) is 5.92 Å². The summed E-state index contributed by atoms with van der Waals surface area (Å²) in [7, 11) is 0. The molecule has 0 bridgehead atoms. The van der Waals surface area contributed by atoms with Crippen molar-refractivity contribution < 1.29 is 32.6 Å². The van der Waals surface area contributed by atoms with Crippen molar-refractivity contribution in [2.45, 2.75) is 12.1 Å². The van der Waals surface area contributed by atoms with Crippen LogP contribution in [0.3, 0.4) is 0 Å². The van der Waals surface area contributed by atoms with Gasteiger partial charge in [0.15, 0.2) is 0 Å². The van der Waals surface area contributed by atoms with E-state index in [1.807, 2.05) is 53.8 Å².